The molecule has 0 aromatic heterocycles. The fourth-order valence-corrected chi connectivity index (χ4v) is 4.56. The zero-order chi connectivity index (χ0) is 32.3. The number of anilines is 1. The topological polar surface area (TPSA) is 198 Å². The highest BCUT2D eigenvalue weighted by atomic mass is 79.9. The predicted octanol–water partition coefficient (Wildman–Crippen LogP) is 4.59. The number of amides is 2. The number of phenolic OH excluding ortho intramolecular Hbond substituents is 2. The standard InChI is InChI=1S/C24H26BrClN4O6.C2HF3O2/c25-18-9-14(26)8-17(23(18)35)19(11-22(33)34)30-21(32)12-28-24(36)13-6-15(10-16(31)7-13)29-20-4-2-1-3-5-27-20;3-2(4,5)1(6)7/h6-10,19,31,35H,1-5,11-12H2,(H,27,29)(H,28,36)(H,30,32)(H,33,34);(H,6,7)/t19-;/m1./s1. The maximum Gasteiger partial charge on any atom is 0.490 e. The van der Waals surface area contributed by atoms with Gasteiger partial charge in [-0.2, -0.15) is 13.2 Å². The van der Waals surface area contributed by atoms with Gasteiger partial charge in [-0.05, 0) is 53.0 Å². The van der Waals surface area contributed by atoms with E-state index in [9.17, 15) is 42.9 Å². The molecule has 43 heavy (non-hydrogen) atoms. The normalized spacial score (nSPS) is 13.7. The zero-order valence-corrected chi connectivity index (χ0v) is 24.5. The van der Waals surface area contributed by atoms with Gasteiger partial charge in [0, 0.05) is 40.9 Å². The van der Waals surface area contributed by atoms with E-state index in [1.54, 1.807) is 0 Å². The molecule has 0 aliphatic carbocycles. The molecule has 1 aliphatic heterocycles. The van der Waals surface area contributed by atoms with Crippen LogP contribution in [0.3, 0.4) is 0 Å². The third-order valence-electron chi connectivity index (χ3n) is 5.64. The van der Waals surface area contributed by atoms with E-state index in [2.05, 4.69) is 36.9 Å². The Morgan fingerprint density at radius 1 is 1.02 bits per heavy atom. The molecule has 0 fully saturated rings. The maximum atomic E-state index is 12.7. The molecule has 0 radical (unpaired) electrons. The van der Waals surface area contributed by atoms with Crippen LogP contribution in [-0.2, 0) is 14.4 Å². The van der Waals surface area contributed by atoms with E-state index in [-0.39, 0.29) is 32.1 Å². The average molecular weight is 696 g/mol. The van der Waals surface area contributed by atoms with Gasteiger partial charge in [0.15, 0.2) is 0 Å². The number of rotatable bonds is 8. The van der Waals surface area contributed by atoms with Crippen LogP contribution in [0.15, 0.2) is 39.8 Å². The third-order valence-corrected chi connectivity index (χ3v) is 6.46. The first kappa shape index (κ1) is 35.1. The van der Waals surface area contributed by atoms with Crippen molar-refractivity contribution in [1.29, 1.82) is 0 Å². The molecule has 7 N–H and O–H groups in total. The number of carbonyl (C=O) groups is 4. The van der Waals surface area contributed by atoms with E-state index >= 15 is 0 Å². The summed E-state index contributed by atoms with van der Waals surface area (Å²) in [5.41, 5.74) is 0.730. The summed E-state index contributed by atoms with van der Waals surface area (Å²) in [6, 6.07) is 5.97. The highest BCUT2D eigenvalue weighted by Gasteiger charge is 2.38. The number of alkyl halides is 3. The lowest BCUT2D eigenvalue weighted by atomic mass is 10.0. The average Bonchev–Trinajstić information content (AvgIpc) is 3.16. The predicted molar refractivity (Wildman–Crippen MR) is 152 cm³/mol. The molecule has 0 saturated carbocycles. The summed E-state index contributed by atoms with van der Waals surface area (Å²) in [5.74, 6) is -4.87. The van der Waals surface area contributed by atoms with Crippen molar-refractivity contribution >= 4 is 62.8 Å². The Labute approximate surface area is 256 Å². The van der Waals surface area contributed by atoms with Crippen LogP contribution in [0, 0.1) is 0 Å². The molecule has 0 saturated heterocycles. The summed E-state index contributed by atoms with van der Waals surface area (Å²) in [5, 5.41) is 45.1. The first-order valence-electron chi connectivity index (χ1n) is 12.5. The summed E-state index contributed by atoms with van der Waals surface area (Å²) in [6.45, 7) is 0.249. The van der Waals surface area contributed by atoms with Gasteiger partial charge in [0.05, 0.1) is 23.5 Å². The lowest BCUT2D eigenvalue weighted by Gasteiger charge is -2.20. The quantitative estimate of drug-likeness (QED) is 0.206. The highest BCUT2D eigenvalue weighted by molar-refractivity contribution is 9.10. The summed E-state index contributed by atoms with van der Waals surface area (Å²) in [6.07, 6.45) is -1.73. The number of benzene rings is 2. The van der Waals surface area contributed by atoms with Crippen LogP contribution in [-0.4, -0.2) is 69.3 Å². The minimum absolute atomic E-state index is 0.113. The minimum Gasteiger partial charge on any atom is -0.508 e. The van der Waals surface area contributed by atoms with E-state index in [0.717, 1.165) is 38.1 Å². The molecule has 0 spiro atoms. The van der Waals surface area contributed by atoms with Crippen LogP contribution in [0.4, 0.5) is 18.9 Å². The number of hydrogen-bond donors (Lipinski definition) is 7. The SMILES string of the molecule is O=C(O)C(F)(F)F.O=C(O)C[C@@H](NC(=O)CNC(=O)c1cc(O)cc(NC2=NCCCCC2)c1)c1cc(Cl)cc(Br)c1O. The Hall–Kier alpha value is -4.05. The van der Waals surface area contributed by atoms with Gasteiger partial charge in [-0.1, -0.05) is 18.0 Å². The molecule has 0 unspecified atom stereocenters. The Morgan fingerprint density at radius 3 is 2.33 bits per heavy atom. The van der Waals surface area contributed by atoms with Crippen LogP contribution in [0.2, 0.25) is 5.02 Å². The second-order valence-corrected chi connectivity index (χ2v) is 10.4. The van der Waals surface area contributed by atoms with Gasteiger partial charge in [-0.3, -0.25) is 19.4 Å². The number of nitrogens with zero attached hydrogens (tertiary/aromatic N) is 1. The fraction of sp³-hybridized carbons (Fsp3) is 0.346. The van der Waals surface area contributed by atoms with Gasteiger partial charge in [0.2, 0.25) is 5.91 Å². The van der Waals surface area contributed by atoms with E-state index in [4.69, 9.17) is 21.5 Å². The van der Waals surface area contributed by atoms with Crippen LogP contribution in [0.25, 0.3) is 0 Å². The molecule has 12 nitrogen and oxygen atoms in total. The Morgan fingerprint density at radius 2 is 1.70 bits per heavy atom. The summed E-state index contributed by atoms with van der Waals surface area (Å²) in [7, 11) is 0. The van der Waals surface area contributed by atoms with Crippen LogP contribution in [0.5, 0.6) is 11.5 Å². The Kier molecular flexibility index (Phi) is 13.1. The lowest BCUT2D eigenvalue weighted by Crippen LogP contribution is -2.39. The molecular formula is C26H27BrClF3N4O8. The second-order valence-electron chi connectivity index (χ2n) is 9.06. The Bertz CT molecular complexity index is 1390. The number of carboxylic acids is 2. The molecule has 2 aromatic carbocycles. The lowest BCUT2D eigenvalue weighted by molar-refractivity contribution is -0.192. The number of aromatic hydroxyl groups is 2. The number of aliphatic imine (C=N–C) groups is 1. The van der Waals surface area contributed by atoms with Gasteiger partial charge in [0.1, 0.15) is 17.3 Å². The van der Waals surface area contributed by atoms with Gasteiger partial charge < -0.3 is 36.4 Å². The number of hydrogen-bond acceptors (Lipinski definition) is 8. The number of carbonyl (C=O) groups excluding carboxylic acids is 2. The number of amidine groups is 1. The molecule has 234 valence electrons. The zero-order valence-electron chi connectivity index (χ0n) is 22.2. The van der Waals surface area contributed by atoms with Gasteiger partial charge in [0.25, 0.3) is 5.91 Å². The smallest absolute Gasteiger partial charge is 0.490 e. The molecule has 2 aromatic rings. The highest BCUT2D eigenvalue weighted by Crippen LogP contribution is 2.36. The molecule has 1 atom stereocenters. The van der Waals surface area contributed by atoms with Crippen LogP contribution in [0.1, 0.15) is 54.1 Å². The van der Waals surface area contributed by atoms with E-state index in [1.165, 1.54) is 30.3 Å². The molecule has 1 aliphatic rings. The monoisotopic (exact) mass is 694 g/mol. The molecule has 1 heterocycles. The molecule has 17 heteroatoms. The summed E-state index contributed by atoms with van der Waals surface area (Å²) < 4.78 is 32.0. The summed E-state index contributed by atoms with van der Waals surface area (Å²) in [4.78, 5) is 49.9. The van der Waals surface area contributed by atoms with Crippen LogP contribution >= 0.6 is 27.5 Å². The molecular weight excluding hydrogens is 669 g/mol. The van der Waals surface area contributed by atoms with Crippen molar-refractivity contribution in [2.75, 3.05) is 18.4 Å². The number of halogens is 5. The molecule has 2 amide bonds. The number of carboxylic acid groups (broad SMARTS) is 2. The molecule has 3 rings (SSSR count). The molecule has 0 bridgehead atoms. The van der Waals surface area contributed by atoms with Crippen molar-refractivity contribution in [3.63, 3.8) is 0 Å². The number of phenols is 2. The van der Waals surface area contributed by atoms with E-state index in [1.807, 2.05) is 0 Å². The first-order chi connectivity index (χ1) is 20.1. The summed E-state index contributed by atoms with van der Waals surface area (Å²) >= 11 is 9.15. The minimum atomic E-state index is -5.08. The maximum absolute atomic E-state index is 12.7. The van der Waals surface area contributed by atoms with Gasteiger partial charge in [-0.15, -0.1) is 0 Å². The van der Waals surface area contributed by atoms with Crippen molar-refractivity contribution in [1.82, 2.24) is 10.6 Å². The van der Waals surface area contributed by atoms with Crippen molar-refractivity contribution in [3.8, 4) is 11.5 Å². The van der Waals surface area contributed by atoms with Crippen molar-refractivity contribution < 1.29 is 52.8 Å². The van der Waals surface area contributed by atoms with Gasteiger partial charge >= 0.3 is 18.1 Å². The van der Waals surface area contributed by atoms with Gasteiger partial charge in [-0.25, -0.2) is 4.79 Å². The van der Waals surface area contributed by atoms with Crippen molar-refractivity contribution in [3.05, 3.63) is 51.0 Å². The third kappa shape index (κ3) is 12.0. The largest absolute Gasteiger partial charge is 0.508 e. The van der Waals surface area contributed by atoms with Crippen LogP contribution < -0.4 is 16.0 Å². The fourth-order valence-electron chi connectivity index (χ4n) is 3.73. The second kappa shape index (κ2) is 16.0. The van der Waals surface area contributed by atoms with Crippen molar-refractivity contribution in [2.24, 2.45) is 4.99 Å². The van der Waals surface area contributed by atoms with E-state index in [0.29, 0.717) is 5.69 Å². The number of aliphatic carboxylic acids is 2. The van der Waals surface area contributed by atoms with Crippen molar-refractivity contribution in [2.45, 2.75) is 44.3 Å². The Balaban J connectivity index is 0.000000821. The first-order valence-corrected chi connectivity index (χ1v) is 13.7. The van der Waals surface area contributed by atoms with E-state index < -0.39 is 48.9 Å². The number of nitrogens with one attached hydrogen (secondary N) is 3.